The second-order valence-electron chi connectivity index (χ2n) is 18.0. The summed E-state index contributed by atoms with van der Waals surface area (Å²) in [5.74, 6) is -2.56. The largest absolute Gasteiger partial charge is 0.496 e. The van der Waals surface area contributed by atoms with Crippen molar-refractivity contribution in [1.82, 2.24) is 35.1 Å². The van der Waals surface area contributed by atoms with E-state index in [0.29, 0.717) is 34.3 Å². The fraction of sp³-hybridized carbons (Fsp3) is 0.438. The van der Waals surface area contributed by atoms with Crippen LogP contribution in [-0.2, 0) is 16.1 Å². The number of likely N-dealkylation sites (tertiary alicyclic amines) is 2. The van der Waals surface area contributed by atoms with Crippen LogP contribution in [0.5, 0.6) is 5.75 Å². The number of carbonyl (C=O) groups is 6. The molecule has 9 rings (SSSR count). The highest BCUT2D eigenvalue weighted by Gasteiger charge is 2.45. The van der Waals surface area contributed by atoms with Crippen LogP contribution in [0.1, 0.15) is 104 Å². The average Bonchev–Trinajstić information content (AvgIpc) is 3.80. The summed E-state index contributed by atoms with van der Waals surface area (Å²) in [6, 6.07) is 15.9. The molecule has 6 N–H and O–H groups in total. The number of halogens is 1. The Morgan fingerprint density at radius 2 is 1.53 bits per heavy atom. The SMILES string of the molecule is COc1ccc(F)cc1C(=O)NCc1ccc(-c2nn(C3CCN(C4CCN(CC5CCN(c6ccc7c(c6)C(=O)N(C6CCC(=O)NC6=O)C7=O)CC5)CC4)CC3)c(N)c2C(N)=O)cc1. The molecule has 17 nitrogen and oxygen atoms in total. The number of piperidine rings is 4. The minimum atomic E-state index is -0.980. The van der Waals surface area contributed by atoms with Crippen LogP contribution in [0.2, 0.25) is 0 Å². The van der Waals surface area contributed by atoms with E-state index in [-0.39, 0.29) is 48.1 Å². The molecule has 3 aromatic carbocycles. The first-order valence-corrected chi connectivity index (χ1v) is 22.8. The standard InChI is InChI=1S/C48H55FN10O7/c1-66-39-10-6-31(49)24-37(39)45(62)52-26-28-2-4-30(5-3-28)42-41(44(51)61)43(50)59(54-42)33-16-22-56(23-17-33)32-14-18-55(19-15-32)27-29-12-20-57(21-13-29)34-7-8-35-36(25-34)48(65)58(47(35)64)38-9-11-40(60)53-46(38)63/h2-8,10,24-25,29,32-33,38H,9,11-23,26-27,50H2,1H3,(H2,51,61)(H,52,62)(H,53,60,63). The molecule has 66 heavy (non-hydrogen) atoms. The number of fused-ring (bicyclic) bond motifs is 1. The van der Waals surface area contributed by atoms with E-state index in [9.17, 15) is 33.2 Å². The van der Waals surface area contributed by atoms with Crippen LogP contribution in [0.3, 0.4) is 0 Å². The van der Waals surface area contributed by atoms with E-state index in [0.717, 1.165) is 107 Å². The van der Waals surface area contributed by atoms with Crippen molar-refractivity contribution in [2.24, 2.45) is 11.7 Å². The van der Waals surface area contributed by atoms with Gasteiger partial charge in [-0.2, -0.15) is 5.10 Å². The van der Waals surface area contributed by atoms with E-state index >= 15 is 0 Å². The van der Waals surface area contributed by atoms with Crippen LogP contribution in [-0.4, -0.2) is 125 Å². The number of hydrogen-bond donors (Lipinski definition) is 4. The van der Waals surface area contributed by atoms with Crippen molar-refractivity contribution in [3.63, 3.8) is 0 Å². The van der Waals surface area contributed by atoms with Gasteiger partial charge in [0, 0.05) is 63.0 Å². The van der Waals surface area contributed by atoms with Crippen molar-refractivity contribution in [2.45, 2.75) is 76.0 Å². The first-order chi connectivity index (χ1) is 31.9. The first-order valence-electron chi connectivity index (χ1n) is 22.8. The molecule has 346 valence electrons. The van der Waals surface area contributed by atoms with Crippen LogP contribution in [0, 0.1) is 11.7 Å². The summed E-state index contributed by atoms with van der Waals surface area (Å²) in [5.41, 5.74) is 16.1. The van der Waals surface area contributed by atoms with Crippen molar-refractivity contribution >= 4 is 46.9 Å². The summed E-state index contributed by atoms with van der Waals surface area (Å²) in [6.45, 7) is 6.81. The van der Waals surface area contributed by atoms with Crippen molar-refractivity contribution in [2.75, 3.05) is 63.6 Å². The van der Waals surface area contributed by atoms with Gasteiger partial charge in [0.2, 0.25) is 11.8 Å². The fourth-order valence-electron chi connectivity index (χ4n) is 10.4. The molecule has 0 spiro atoms. The van der Waals surface area contributed by atoms with E-state index in [1.54, 1.807) is 16.8 Å². The Morgan fingerprint density at radius 3 is 2.21 bits per heavy atom. The van der Waals surface area contributed by atoms with Crippen molar-refractivity contribution in [3.8, 4) is 17.0 Å². The zero-order valence-corrected chi connectivity index (χ0v) is 37.0. The molecule has 5 aliphatic heterocycles. The number of imide groups is 2. The van der Waals surface area contributed by atoms with Crippen molar-refractivity contribution in [1.29, 1.82) is 0 Å². The maximum atomic E-state index is 13.8. The summed E-state index contributed by atoms with van der Waals surface area (Å²) in [5, 5.41) is 9.90. The van der Waals surface area contributed by atoms with E-state index in [4.69, 9.17) is 21.3 Å². The van der Waals surface area contributed by atoms with Gasteiger partial charge in [0.25, 0.3) is 23.6 Å². The van der Waals surface area contributed by atoms with Crippen LogP contribution in [0.15, 0.2) is 60.7 Å². The molecular formula is C48H55FN10O7. The number of hydrogen-bond acceptors (Lipinski definition) is 12. The number of nitrogens with zero attached hydrogens (tertiary/aromatic N) is 6. The van der Waals surface area contributed by atoms with Gasteiger partial charge in [-0.05, 0) is 106 Å². The second kappa shape index (κ2) is 18.7. The normalized spacial score (nSPS) is 20.4. The summed E-state index contributed by atoms with van der Waals surface area (Å²) >= 11 is 0. The third-order valence-corrected chi connectivity index (χ3v) is 14.1. The number of carbonyl (C=O) groups excluding carboxylic acids is 6. The molecule has 4 aromatic rings. The smallest absolute Gasteiger partial charge is 0.262 e. The highest BCUT2D eigenvalue weighted by Crippen LogP contribution is 2.36. The average molecular weight is 903 g/mol. The molecule has 1 aromatic heterocycles. The van der Waals surface area contributed by atoms with Crippen molar-refractivity contribution < 1.29 is 37.9 Å². The number of ether oxygens (including phenoxy) is 1. The fourth-order valence-corrected chi connectivity index (χ4v) is 10.4. The number of primary amides is 1. The molecule has 0 saturated carbocycles. The number of anilines is 2. The van der Waals surface area contributed by atoms with Gasteiger partial charge in [0.1, 0.15) is 34.7 Å². The molecule has 4 fully saturated rings. The van der Waals surface area contributed by atoms with Gasteiger partial charge >= 0.3 is 0 Å². The third-order valence-electron chi connectivity index (χ3n) is 14.1. The number of rotatable bonds is 12. The number of nitrogens with two attached hydrogens (primary N) is 2. The Kier molecular flexibility index (Phi) is 12.6. The van der Waals surface area contributed by atoms with E-state index in [1.807, 2.05) is 30.3 Å². The Balaban J connectivity index is 0.733. The molecule has 6 amide bonds. The molecule has 6 heterocycles. The van der Waals surface area contributed by atoms with Crippen molar-refractivity contribution in [3.05, 3.63) is 94.3 Å². The summed E-state index contributed by atoms with van der Waals surface area (Å²) < 4.78 is 20.8. The summed E-state index contributed by atoms with van der Waals surface area (Å²) in [6.07, 6.45) is 6.13. The molecule has 0 aliphatic carbocycles. The summed E-state index contributed by atoms with van der Waals surface area (Å²) in [4.78, 5) is 84.7. The van der Waals surface area contributed by atoms with Gasteiger partial charge in [0.15, 0.2) is 0 Å². The minimum Gasteiger partial charge on any atom is -0.496 e. The third kappa shape index (κ3) is 8.86. The van der Waals surface area contributed by atoms with Gasteiger partial charge in [0.05, 0.1) is 29.8 Å². The minimum absolute atomic E-state index is 0.0145. The molecule has 0 bridgehead atoms. The highest BCUT2D eigenvalue weighted by atomic mass is 19.1. The first kappa shape index (κ1) is 44.5. The Bertz CT molecular complexity index is 2560. The predicted octanol–water partition coefficient (Wildman–Crippen LogP) is 3.73. The molecule has 1 unspecified atom stereocenters. The lowest BCUT2D eigenvalue weighted by atomic mass is 9.93. The second-order valence-corrected chi connectivity index (χ2v) is 18.0. The van der Waals surface area contributed by atoms with Crippen LogP contribution < -0.4 is 31.7 Å². The maximum absolute atomic E-state index is 13.8. The Labute approximate surface area is 381 Å². The van der Waals surface area contributed by atoms with Gasteiger partial charge in [-0.25, -0.2) is 9.07 Å². The number of nitrogens with one attached hydrogen (secondary N) is 2. The Morgan fingerprint density at radius 1 is 0.833 bits per heavy atom. The lowest BCUT2D eigenvalue weighted by molar-refractivity contribution is -0.136. The quantitative estimate of drug-likeness (QED) is 0.150. The number of aromatic nitrogens is 2. The van der Waals surface area contributed by atoms with E-state index < -0.39 is 47.3 Å². The van der Waals surface area contributed by atoms with E-state index in [2.05, 4.69) is 25.3 Å². The van der Waals surface area contributed by atoms with Gasteiger partial charge in [-0.3, -0.25) is 39.0 Å². The van der Waals surface area contributed by atoms with Crippen LogP contribution in [0.4, 0.5) is 15.9 Å². The van der Waals surface area contributed by atoms with Crippen LogP contribution >= 0.6 is 0 Å². The number of amides is 6. The highest BCUT2D eigenvalue weighted by molar-refractivity contribution is 6.23. The van der Waals surface area contributed by atoms with Crippen LogP contribution in [0.25, 0.3) is 11.3 Å². The predicted molar refractivity (Wildman–Crippen MR) is 242 cm³/mol. The molecular weight excluding hydrogens is 848 g/mol. The number of nitrogen functional groups attached to an aromatic ring is 1. The van der Waals surface area contributed by atoms with Gasteiger partial charge in [-0.1, -0.05) is 24.3 Å². The van der Waals surface area contributed by atoms with E-state index in [1.165, 1.54) is 19.2 Å². The van der Waals surface area contributed by atoms with Gasteiger partial charge in [-0.15, -0.1) is 0 Å². The zero-order chi connectivity index (χ0) is 46.2. The molecule has 0 radical (unpaired) electrons. The maximum Gasteiger partial charge on any atom is 0.262 e. The monoisotopic (exact) mass is 902 g/mol. The number of methoxy groups -OCH3 is 1. The molecule has 18 heteroatoms. The Hall–Kier alpha value is -6.66. The summed E-state index contributed by atoms with van der Waals surface area (Å²) in [7, 11) is 1.42. The van der Waals surface area contributed by atoms with Gasteiger partial charge < -0.3 is 36.2 Å². The zero-order valence-electron chi connectivity index (χ0n) is 37.0. The molecule has 4 saturated heterocycles. The lowest BCUT2D eigenvalue weighted by Crippen LogP contribution is -2.54. The molecule has 1 atom stereocenters. The lowest BCUT2D eigenvalue weighted by Gasteiger charge is -2.43. The number of benzene rings is 3. The molecule has 5 aliphatic rings. The topological polar surface area (TPSA) is 219 Å².